The summed E-state index contributed by atoms with van der Waals surface area (Å²) in [6.07, 6.45) is 0. The minimum absolute atomic E-state index is 0.256. The number of hydrogen-bond donors (Lipinski definition) is 1. The number of aromatic nitrogens is 4. The molecule has 2 heterocycles. The molecule has 2 aromatic rings. The lowest BCUT2D eigenvalue weighted by Crippen LogP contribution is -2.08. The summed E-state index contributed by atoms with van der Waals surface area (Å²) in [6.45, 7) is 5.58. The van der Waals surface area contributed by atoms with Crippen molar-refractivity contribution in [3.8, 4) is 6.01 Å². The number of nitrogens with two attached hydrogens (primary N) is 1. The third kappa shape index (κ3) is 2.21. The zero-order valence-corrected chi connectivity index (χ0v) is 10.8. The number of aryl methyl sites for hydroxylation is 2. The molecular weight excluding hydrogens is 234 g/mol. The molecule has 0 bridgehead atoms. The average Bonchev–Trinajstić information content (AvgIpc) is 2.66. The first-order valence-corrected chi connectivity index (χ1v) is 5.79. The Kier molecular flexibility index (Phi) is 3.61. The lowest BCUT2D eigenvalue weighted by molar-refractivity contribution is 0.141. The van der Waals surface area contributed by atoms with Gasteiger partial charge in [0.1, 0.15) is 12.4 Å². The summed E-state index contributed by atoms with van der Waals surface area (Å²) in [5.41, 5.74) is 7.18. The lowest BCUT2D eigenvalue weighted by atomic mass is 10.5. The predicted molar refractivity (Wildman–Crippen MR) is 67.5 cm³/mol. The van der Waals surface area contributed by atoms with E-state index in [-0.39, 0.29) is 6.01 Å². The van der Waals surface area contributed by atoms with Crippen LogP contribution in [0.25, 0.3) is 11.2 Å². The van der Waals surface area contributed by atoms with Gasteiger partial charge < -0.3 is 19.8 Å². The highest BCUT2D eigenvalue weighted by molar-refractivity contribution is 5.82. The first-order valence-electron chi connectivity index (χ1n) is 5.79. The van der Waals surface area contributed by atoms with E-state index in [1.54, 1.807) is 7.11 Å². The Bertz CT molecular complexity index is 552. The third-order valence-electron chi connectivity index (χ3n) is 2.63. The van der Waals surface area contributed by atoms with Crippen molar-refractivity contribution >= 4 is 17.0 Å². The van der Waals surface area contributed by atoms with Crippen LogP contribution in [0.5, 0.6) is 6.01 Å². The monoisotopic (exact) mass is 251 g/mol. The second-order valence-corrected chi connectivity index (χ2v) is 3.81. The standard InChI is InChI=1S/C11H17N5O2/c1-4-16-7(2)13-8-9(12)14-11(15-10(8)16)18-6-5-17-3/h4-6H2,1-3H3,(H2,12,14,15). The van der Waals surface area contributed by atoms with Crippen LogP contribution in [0.4, 0.5) is 5.82 Å². The van der Waals surface area contributed by atoms with Crippen LogP contribution >= 0.6 is 0 Å². The number of methoxy groups -OCH3 is 1. The third-order valence-corrected chi connectivity index (χ3v) is 2.63. The molecular formula is C11H17N5O2. The molecule has 0 spiro atoms. The van der Waals surface area contributed by atoms with Gasteiger partial charge in [0, 0.05) is 13.7 Å². The van der Waals surface area contributed by atoms with Crippen LogP contribution in [0.3, 0.4) is 0 Å². The Hall–Kier alpha value is -1.89. The molecule has 0 radical (unpaired) electrons. The van der Waals surface area contributed by atoms with Gasteiger partial charge in [-0.3, -0.25) is 0 Å². The van der Waals surface area contributed by atoms with Crippen molar-refractivity contribution in [3.63, 3.8) is 0 Å². The van der Waals surface area contributed by atoms with Gasteiger partial charge in [0.25, 0.3) is 0 Å². The maximum Gasteiger partial charge on any atom is 0.320 e. The number of ether oxygens (including phenoxy) is 2. The zero-order valence-electron chi connectivity index (χ0n) is 10.8. The molecule has 0 aromatic carbocycles. The van der Waals surface area contributed by atoms with Crippen LogP contribution in [-0.2, 0) is 11.3 Å². The Labute approximate surface area is 105 Å². The van der Waals surface area contributed by atoms with Crippen molar-refractivity contribution in [2.24, 2.45) is 0 Å². The summed E-state index contributed by atoms with van der Waals surface area (Å²) in [5.74, 6) is 1.20. The summed E-state index contributed by atoms with van der Waals surface area (Å²) in [6, 6.07) is 0.256. The zero-order chi connectivity index (χ0) is 13.1. The van der Waals surface area contributed by atoms with Crippen LogP contribution in [0.1, 0.15) is 12.7 Å². The molecule has 18 heavy (non-hydrogen) atoms. The molecule has 0 saturated heterocycles. The first-order chi connectivity index (χ1) is 8.67. The van der Waals surface area contributed by atoms with Gasteiger partial charge in [-0.1, -0.05) is 0 Å². The second-order valence-electron chi connectivity index (χ2n) is 3.81. The van der Waals surface area contributed by atoms with Gasteiger partial charge in [0.2, 0.25) is 0 Å². The Balaban J connectivity index is 2.39. The van der Waals surface area contributed by atoms with Crippen molar-refractivity contribution in [1.82, 2.24) is 19.5 Å². The van der Waals surface area contributed by atoms with E-state index in [4.69, 9.17) is 15.2 Å². The summed E-state index contributed by atoms with van der Waals surface area (Å²) in [4.78, 5) is 12.8. The number of imidazole rings is 1. The fourth-order valence-corrected chi connectivity index (χ4v) is 1.77. The van der Waals surface area contributed by atoms with E-state index in [9.17, 15) is 0 Å². The molecule has 0 fully saturated rings. The maximum atomic E-state index is 5.86. The fraction of sp³-hybridized carbons (Fsp3) is 0.545. The maximum absolute atomic E-state index is 5.86. The van der Waals surface area contributed by atoms with Gasteiger partial charge in [-0.15, -0.1) is 0 Å². The summed E-state index contributed by atoms with van der Waals surface area (Å²) >= 11 is 0. The van der Waals surface area contributed by atoms with E-state index in [2.05, 4.69) is 15.0 Å². The Morgan fingerprint density at radius 3 is 2.67 bits per heavy atom. The molecule has 2 rings (SSSR count). The number of nitrogens with zero attached hydrogens (tertiary/aromatic N) is 4. The Morgan fingerprint density at radius 1 is 1.22 bits per heavy atom. The predicted octanol–water partition coefficient (Wildman–Crippen LogP) is 0.762. The number of hydrogen-bond acceptors (Lipinski definition) is 6. The van der Waals surface area contributed by atoms with Crippen molar-refractivity contribution in [2.75, 3.05) is 26.1 Å². The molecule has 0 atom stereocenters. The lowest BCUT2D eigenvalue weighted by Gasteiger charge is -2.06. The number of anilines is 1. The van der Waals surface area contributed by atoms with Gasteiger partial charge in [-0.05, 0) is 13.8 Å². The van der Waals surface area contributed by atoms with Gasteiger partial charge in [-0.2, -0.15) is 9.97 Å². The van der Waals surface area contributed by atoms with Gasteiger partial charge in [0.15, 0.2) is 17.0 Å². The van der Waals surface area contributed by atoms with Crippen LogP contribution in [0, 0.1) is 6.92 Å². The highest BCUT2D eigenvalue weighted by atomic mass is 16.5. The summed E-state index contributed by atoms with van der Waals surface area (Å²) in [7, 11) is 1.61. The molecule has 7 heteroatoms. The van der Waals surface area contributed by atoms with Crippen molar-refractivity contribution < 1.29 is 9.47 Å². The van der Waals surface area contributed by atoms with E-state index < -0.39 is 0 Å². The minimum atomic E-state index is 0.256. The van der Waals surface area contributed by atoms with Crippen LogP contribution in [0.2, 0.25) is 0 Å². The van der Waals surface area contributed by atoms with Crippen LogP contribution < -0.4 is 10.5 Å². The first kappa shape index (κ1) is 12.6. The average molecular weight is 251 g/mol. The van der Waals surface area contributed by atoms with Crippen molar-refractivity contribution in [2.45, 2.75) is 20.4 Å². The second kappa shape index (κ2) is 5.18. The molecule has 2 N–H and O–H groups in total. The SMILES string of the molecule is CCn1c(C)nc2c(N)nc(OCCOC)nc21. The summed E-state index contributed by atoms with van der Waals surface area (Å²) < 4.78 is 12.2. The quantitative estimate of drug-likeness (QED) is 0.789. The normalized spacial score (nSPS) is 11.1. The molecule has 0 aliphatic heterocycles. The molecule has 2 aromatic heterocycles. The smallest absolute Gasteiger partial charge is 0.320 e. The van der Waals surface area contributed by atoms with E-state index >= 15 is 0 Å². The van der Waals surface area contributed by atoms with E-state index in [0.717, 1.165) is 12.4 Å². The number of rotatable bonds is 5. The van der Waals surface area contributed by atoms with E-state index in [0.29, 0.717) is 30.2 Å². The topological polar surface area (TPSA) is 88.1 Å². The van der Waals surface area contributed by atoms with Crippen molar-refractivity contribution in [1.29, 1.82) is 0 Å². The number of fused-ring (bicyclic) bond motifs is 1. The van der Waals surface area contributed by atoms with Gasteiger partial charge >= 0.3 is 6.01 Å². The fourth-order valence-electron chi connectivity index (χ4n) is 1.77. The van der Waals surface area contributed by atoms with Gasteiger partial charge in [-0.25, -0.2) is 4.98 Å². The molecule has 0 amide bonds. The van der Waals surface area contributed by atoms with Crippen molar-refractivity contribution in [3.05, 3.63) is 5.82 Å². The molecule has 0 saturated carbocycles. The molecule has 0 aliphatic rings. The minimum Gasteiger partial charge on any atom is -0.461 e. The van der Waals surface area contributed by atoms with E-state index in [1.165, 1.54) is 0 Å². The van der Waals surface area contributed by atoms with Gasteiger partial charge in [0.05, 0.1) is 6.61 Å². The highest BCUT2D eigenvalue weighted by Gasteiger charge is 2.13. The molecule has 98 valence electrons. The molecule has 0 unspecified atom stereocenters. The number of nitrogen functional groups attached to an aromatic ring is 1. The van der Waals surface area contributed by atoms with E-state index in [1.807, 2.05) is 18.4 Å². The van der Waals surface area contributed by atoms with Crippen LogP contribution in [-0.4, -0.2) is 39.8 Å². The summed E-state index contributed by atoms with van der Waals surface area (Å²) in [5, 5.41) is 0. The Morgan fingerprint density at radius 2 is 2.00 bits per heavy atom. The molecule has 7 nitrogen and oxygen atoms in total. The van der Waals surface area contributed by atoms with Crippen LogP contribution in [0.15, 0.2) is 0 Å². The highest BCUT2D eigenvalue weighted by Crippen LogP contribution is 2.21. The molecule has 0 aliphatic carbocycles. The largest absolute Gasteiger partial charge is 0.461 e.